The fourth-order valence-electron chi connectivity index (χ4n) is 5.53. The molecule has 222 valence electrons. The Kier molecular flexibility index (Phi) is 18.9. The highest BCUT2D eigenvalue weighted by Gasteiger charge is 2.13. The molecule has 0 aliphatic heterocycles. The zero-order chi connectivity index (χ0) is 30.5. The SMILES string of the molecule is C=C(CC)C1CCCCCC1.CC.CC.CCc1ccc(-c2ccccc2C#N)cc1CCCc1cccc(C)c1. The van der Waals surface area contributed by atoms with Crippen molar-refractivity contribution in [3.63, 3.8) is 0 Å². The van der Waals surface area contributed by atoms with Gasteiger partial charge in [-0.2, -0.15) is 5.26 Å². The summed E-state index contributed by atoms with van der Waals surface area (Å²) in [4.78, 5) is 0. The third-order valence-corrected chi connectivity index (χ3v) is 7.83. The Balaban J connectivity index is 0.000000468. The van der Waals surface area contributed by atoms with Crippen LogP contribution < -0.4 is 0 Å². The summed E-state index contributed by atoms with van der Waals surface area (Å²) in [6.07, 6.45) is 14.1. The minimum absolute atomic E-state index is 0.738. The van der Waals surface area contributed by atoms with Gasteiger partial charge in [0.05, 0.1) is 11.6 Å². The number of aryl methyl sites for hydroxylation is 4. The number of nitrogens with zero attached hydrogens (tertiary/aromatic N) is 1. The summed E-state index contributed by atoms with van der Waals surface area (Å²) in [5, 5.41) is 9.39. The quantitative estimate of drug-likeness (QED) is 0.202. The predicted molar refractivity (Wildman–Crippen MR) is 182 cm³/mol. The van der Waals surface area contributed by atoms with Gasteiger partial charge >= 0.3 is 0 Å². The molecule has 1 saturated carbocycles. The predicted octanol–water partition coefficient (Wildman–Crippen LogP) is 12.2. The van der Waals surface area contributed by atoms with Crippen LogP contribution in [0.2, 0.25) is 0 Å². The molecule has 41 heavy (non-hydrogen) atoms. The van der Waals surface area contributed by atoms with Crippen LogP contribution in [0.15, 0.2) is 78.9 Å². The Labute approximate surface area is 253 Å². The van der Waals surface area contributed by atoms with E-state index in [1.165, 1.54) is 72.8 Å². The summed E-state index contributed by atoms with van der Waals surface area (Å²) < 4.78 is 0. The molecule has 0 aromatic heterocycles. The van der Waals surface area contributed by atoms with E-state index < -0.39 is 0 Å². The van der Waals surface area contributed by atoms with Crippen LogP contribution in [-0.2, 0) is 19.3 Å². The zero-order valence-electron chi connectivity index (χ0n) is 27.4. The fraction of sp³-hybridized carbons (Fsp3) is 0.475. The Morgan fingerprint density at radius 1 is 0.805 bits per heavy atom. The third kappa shape index (κ3) is 12.5. The van der Waals surface area contributed by atoms with Gasteiger partial charge in [-0.05, 0) is 91.7 Å². The van der Waals surface area contributed by atoms with Crippen molar-refractivity contribution < 1.29 is 0 Å². The Bertz CT molecular complexity index is 1170. The van der Waals surface area contributed by atoms with Crippen LogP contribution in [-0.4, -0.2) is 0 Å². The van der Waals surface area contributed by atoms with Gasteiger partial charge in [0.15, 0.2) is 0 Å². The molecule has 0 spiro atoms. The van der Waals surface area contributed by atoms with Gasteiger partial charge in [0.1, 0.15) is 0 Å². The maximum atomic E-state index is 9.39. The Morgan fingerprint density at radius 3 is 2.10 bits per heavy atom. The highest BCUT2D eigenvalue weighted by molar-refractivity contribution is 5.71. The summed E-state index contributed by atoms with van der Waals surface area (Å²) in [7, 11) is 0. The van der Waals surface area contributed by atoms with E-state index in [9.17, 15) is 5.26 Å². The van der Waals surface area contributed by atoms with Gasteiger partial charge < -0.3 is 0 Å². The van der Waals surface area contributed by atoms with Gasteiger partial charge in [-0.15, -0.1) is 0 Å². The van der Waals surface area contributed by atoms with Gasteiger partial charge in [0.2, 0.25) is 0 Å². The molecule has 0 N–H and O–H groups in total. The van der Waals surface area contributed by atoms with Crippen molar-refractivity contribution in [1.82, 2.24) is 0 Å². The van der Waals surface area contributed by atoms with E-state index in [4.69, 9.17) is 0 Å². The normalized spacial score (nSPS) is 12.6. The second kappa shape index (κ2) is 21.6. The molecular formula is C40H57N. The molecule has 0 saturated heterocycles. The first kappa shape index (κ1) is 35.9. The van der Waals surface area contributed by atoms with Crippen molar-refractivity contribution in [2.75, 3.05) is 0 Å². The largest absolute Gasteiger partial charge is 0.192 e. The molecule has 0 unspecified atom stereocenters. The first-order valence-corrected chi connectivity index (χ1v) is 16.4. The van der Waals surface area contributed by atoms with Crippen molar-refractivity contribution in [2.45, 2.75) is 119 Å². The second-order valence-electron chi connectivity index (χ2n) is 10.5. The molecule has 0 heterocycles. The Hall–Kier alpha value is -3.11. The minimum Gasteiger partial charge on any atom is -0.192 e. The highest BCUT2D eigenvalue weighted by Crippen LogP contribution is 2.29. The van der Waals surface area contributed by atoms with E-state index in [2.05, 4.69) is 75.9 Å². The summed E-state index contributed by atoms with van der Waals surface area (Å²) in [6, 6.07) is 25.6. The molecule has 0 amide bonds. The van der Waals surface area contributed by atoms with Crippen LogP contribution >= 0.6 is 0 Å². The second-order valence-corrected chi connectivity index (χ2v) is 10.5. The maximum absolute atomic E-state index is 9.39. The molecule has 1 heteroatoms. The van der Waals surface area contributed by atoms with E-state index in [0.29, 0.717) is 0 Å². The lowest BCUT2D eigenvalue weighted by atomic mass is 9.91. The molecule has 1 nitrogen and oxygen atoms in total. The van der Waals surface area contributed by atoms with E-state index >= 15 is 0 Å². The van der Waals surface area contributed by atoms with Crippen LogP contribution in [0.5, 0.6) is 0 Å². The van der Waals surface area contributed by atoms with Crippen molar-refractivity contribution >= 4 is 0 Å². The van der Waals surface area contributed by atoms with E-state index in [0.717, 1.165) is 48.3 Å². The van der Waals surface area contributed by atoms with Crippen LogP contribution in [0.1, 0.15) is 121 Å². The number of allylic oxidation sites excluding steroid dienone is 1. The number of hydrogen-bond donors (Lipinski definition) is 0. The van der Waals surface area contributed by atoms with Crippen molar-refractivity contribution in [1.29, 1.82) is 5.26 Å². The number of nitriles is 1. The zero-order valence-corrected chi connectivity index (χ0v) is 27.4. The molecule has 0 radical (unpaired) electrons. The average Bonchev–Trinajstić information content (AvgIpc) is 3.33. The first-order valence-electron chi connectivity index (χ1n) is 16.4. The standard InChI is InChI=1S/C25H25N.C11H20.2C2H6/c1-3-21-14-15-23(25-13-5-4-11-24(25)18-26)17-22(21)12-7-10-20-9-6-8-19(2)16-20;1-3-10(2)11-8-6-4-5-7-9-11;2*1-2/h4-6,8-9,11,13-17H,3,7,10,12H2,1-2H3;11H,2-9H2,1H3;2*1-2H3. The van der Waals surface area contributed by atoms with Gasteiger partial charge in [-0.25, -0.2) is 0 Å². The molecule has 3 aromatic rings. The van der Waals surface area contributed by atoms with Gasteiger partial charge in [0, 0.05) is 0 Å². The van der Waals surface area contributed by atoms with Crippen LogP contribution in [0, 0.1) is 24.2 Å². The van der Waals surface area contributed by atoms with Crippen LogP contribution in [0.3, 0.4) is 0 Å². The smallest absolute Gasteiger partial charge is 0.0998 e. The molecule has 3 aromatic carbocycles. The van der Waals surface area contributed by atoms with E-state index in [-0.39, 0.29) is 0 Å². The lowest BCUT2D eigenvalue weighted by Gasteiger charge is -2.15. The van der Waals surface area contributed by atoms with Gasteiger partial charge in [0.25, 0.3) is 0 Å². The summed E-state index contributed by atoms with van der Waals surface area (Å²) in [5.41, 5.74) is 9.95. The van der Waals surface area contributed by atoms with Crippen LogP contribution in [0.25, 0.3) is 11.1 Å². The molecule has 0 bridgehead atoms. The maximum Gasteiger partial charge on any atom is 0.0998 e. The van der Waals surface area contributed by atoms with Crippen LogP contribution in [0.4, 0.5) is 0 Å². The number of benzene rings is 3. The molecule has 1 aliphatic carbocycles. The summed E-state index contributed by atoms with van der Waals surface area (Å²) in [6.45, 7) is 18.7. The van der Waals surface area contributed by atoms with E-state index in [1.807, 2.05) is 52.0 Å². The molecule has 4 rings (SSSR count). The lowest BCUT2D eigenvalue weighted by molar-refractivity contribution is 0.519. The van der Waals surface area contributed by atoms with E-state index in [1.54, 1.807) is 0 Å². The molecule has 0 atom stereocenters. The lowest BCUT2D eigenvalue weighted by Crippen LogP contribution is -2.00. The molecule has 1 aliphatic rings. The molecular weight excluding hydrogens is 494 g/mol. The fourth-order valence-corrected chi connectivity index (χ4v) is 5.53. The van der Waals surface area contributed by atoms with Gasteiger partial charge in [-0.1, -0.05) is 146 Å². The monoisotopic (exact) mass is 551 g/mol. The summed E-state index contributed by atoms with van der Waals surface area (Å²) >= 11 is 0. The topological polar surface area (TPSA) is 23.8 Å². The van der Waals surface area contributed by atoms with Crippen molar-refractivity contribution in [3.05, 3.63) is 107 Å². The Morgan fingerprint density at radius 2 is 1.49 bits per heavy atom. The summed E-state index contributed by atoms with van der Waals surface area (Å²) in [5.74, 6) is 0.863. The number of rotatable bonds is 8. The minimum atomic E-state index is 0.738. The highest BCUT2D eigenvalue weighted by atomic mass is 14.2. The first-order chi connectivity index (χ1) is 20.0. The molecule has 1 fully saturated rings. The average molecular weight is 552 g/mol. The van der Waals surface area contributed by atoms with Crippen molar-refractivity contribution in [3.8, 4) is 17.2 Å². The third-order valence-electron chi connectivity index (χ3n) is 7.83. The van der Waals surface area contributed by atoms with Crippen molar-refractivity contribution in [2.24, 2.45) is 5.92 Å². The number of hydrogen-bond acceptors (Lipinski definition) is 1. The van der Waals surface area contributed by atoms with Gasteiger partial charge in [-0.3, -0.25) is 0 Å².